The number of hydrogen-bond acceptors (Lipinski definition) is 2. The van der Waals surface area contributed by atoms with Crippen LogP contribution in [0.25, 0.3) is 5.52 Å². The van der Waals surface area contributed by atoms with Gasteiger partial charge in [-0.3, -0.25) is 0 Å². The van der Waals surface area contributed by atoms with Gasteiger partial charge in [-0.25, -0.2) is 4.79 Å². The minimum atomic E-state index is -0.327. The summed E-state index contributed by atoms with van der Waals surface area (Å²) in [7, 11) is 0. The molecule has 0 saturated carbocycles. The van der Waals surface area contributed by atoms with E-state index >= 15 is 0 Å². The van der Waals surface area contributed by atoms with Crippen molar-refractivity contribution in [1.82, 2.24) is 4.40 Å². The maximum atomic E-state index is 11.3. The fraction of sp³-hybridized carbons (Fsp3) is 0.125. The van der Waals surface area contributed by atoms with Crippen LogP contribution in [0.15, 0.2) is 30.6 Å². The Morgan fingerprint density at radius 2 is 2.15 bits per heavy atom. The number of halogens is 2. The quantitative estimate of drug-likeness (QED) is 0.750. The summed E-state index contributed by atoms with van der Waals surface area (Å²) in [5.41, 5.74) is 0.191. The molecule has 3 nitrogen and oxygen atoms in total. The van der Waals surface area contributed by atoms with E-state index in [0.717, 1.165) is 9.08 Å². The van der Waals surface area contributed by atoms with Gasteiger partial charge in [0, 0.05) is 6.20 Å². The minimum absolute atomic E-state index is 0.327. The van der Waals surface area contributed by atoms with Gasteiger partial charge in [-0.05, 0) is 44.8 Å². The molecule has 5 heteroatoms. The molecule has 2 aromatic rings. The summed E-state index contributed by atoms with van der Waals surface area (Å²) in [4.78, 5) is 11.3. The molecule has 0 aliphatic carbocycles. The van der Waals surface area contributed by atoms with Gasteiger partial charge >= 0.3 is 5.63 Å². The molecule has 0 bridgehead atoms. The Morgan fingerprint density at radius 1 is 1.46 bits per heavy atom. The summed E-state index contributed by atoms with van der Waals surface area (Å²) in [6, 6.07) is 1.72. The third kappa shape index (κ3) is 1.36. The van der Waals surface area contributed by atoms with Gasteiger partial charge in [0.1, 0.15) is 15.9 Å². The number of hydrogen-bond donors (Lipinski definition) is 0. The monoisotopic (exact) mass is 305 g/mol. The number of nitrogens with zero attached hydrogens (tertiary/aromatic N) is 1. The zero-order chi connectivity index (χ0) is 9.59. The smallest absolute Gasteiger partial charge is 0.360 e. The van der Waals surface area contributed by atoms with E-state index in [1.54, 1.807) is 23.6 Å². The zero-order valence-corrected chi connectivity index (χ0v) is 9.85. The minimum Gasteiger partial charge on any atom is -0.425 e. The van der Waals surface area contributed by atoms with Crippen LogP contribution in [0.5, 0.6) is 0 Å². The van der Waals surface area contributed by atoms with Crippen molar-refractivity contribution >= 4 is 37.4 Å². The van der Waals surface area contributed by atoms with Gasteiger partial charge in [-0.1, -0.05) is 0 Å². The predicted octanol–water partition coefficient (Wildman–Crippen LogP) is 2.73. The van der Waals surface area contributed by atoms with Crippen molar-refractivity contribution in [1.29, 1.82) is 0 Å². The van der Waals surface area contributed by atoms with E-state index in [0.29, 0.717) is 11.3 Å². The van der Waals surface area contributed by atoms with Gasteiger partial charge in [-0.15, -0.1) is 0 Å². The second-order valence-corrected chi connectivity index (χ2v) is 4.27. The van der Waals surface area contributed by atoms with Crippen LogP contribution in [0.1, 0.15) is 5.76 Å². The van der Waals surface area contributed by atoms with Crippen molar-refractivity contribution < 1.29 is 4.42 Å². The Morgan fingerprint density at radius 3 is 2.85 bits per heavy atom. The molecular weight excluding hydrogens is 302 g/mol. The first-order valence-corrected chi connectivity index (χ1v) is 5.15. The molecule has 2 heterocycles. The lowest BCUT2D eigenvalue weighted by molar-refractivity contribution is 0.477. The van der Waals surface area contributed by atoms with Gasteiger partial charge in [-0.2, -0.15) is 0 Å². The molecule has 2 aromatic heterocycles. The van der Waals surface area contributed by atoms with Crippen LogP contribution in [0.3, 0.4) is 0 Å². The normalized spacial score (nSPS) is 11.0. The van der Waals surface area contributed by atoms with E-state index in [4.69, 9.17) is 4.42 Å². The third-order valence-electron chi connectivity index (χ3n) is 1.71. The van der Waals surface area contributed by atoms with Gasteiger partial charge in [0.15, 0.2) is 0 Å². The molecule has 0 spiro atoms. The van der Waals surface area contributed by atoms with Crippen molar-refractivity contribution in [2.75, 3.05) is 0 Å². The van der Waals surface area contributed by atoms with Crippen LogP contribution < -0.4 is 5.63 Å². The molecule has 0 aliphatic heterocycles. The first-order chi connectivity index (χ1) is 6.09. The molecule has 0 unspecified atom stereocenters. The Labute approximate surface area is 90.6 Å². The van der Waals surface area contributed by atoms with Crippen LogP contribution in [0.2, 0.25) is 0 Å². The number of fused-ring (bicyclic) bond motifs is 1. The molecule has 68 valence electrons. The summed E-state index contributed by atoms with van der Waals surface area (Å²) in [6.45, 7) is 1.74. The molecule has 13 heavy (non-hydrogen) atoms. The molecule has 0 saturated heterocycles. The lowest BCUT2D eigenvalue weighted by Crippen LogP contribution is -2.03. The fourth-order valence-electron chi connectivity index (χ4n) is 1.16. The van der Waals surface area contributed by atoms with Crippen molar-refractivity contribution in [2.45, 2.75) is 6.92 Å². The molecule has 0 aromatic carbocycles. The van der Waals surface area contributed by atoms with E-state index < -0.39 is 0 Å². The highest BCUT2D eigenvalue weighted by Gasteiger charge is 2.09. The largest absolute Gasteiger partial charge is 0.425 e. The maximum absolute atomic E-state index is 11.3. The summed E-state index contributed by atoms with van der Waals surface area (Å²) in [5.74, 6) is 0.585. The highest BCUT2D eigenvalue weighted by Crippen LogP contribution is 2.25. The fourth-order valence-corrected chi connectivity index (χ4v) is 1.98. The molecular formula is C8H5Br2NO2. The van der Waals surface area contributed by atoms with Gasteiger partial charge < -0.3 is 8.82 Å². The Kier molecular flexibility index (Phi) is 2.08. The molecule has 0 aliphatic rings. The molecule has 0 amide bonds. The molecule has 2 rings (SSSR count). The van der Waals surface area contributed by atoms with Gasteiger partial charge in [0.2, 0.25) is 0 Å². The number of aromatic nitrogens is 1. The Hall–Kier alpha value is -0.550. The van der Waals surface area contributed by atoms with Crippen molar-refractivity contribution in [3.63, 3.8) is 0 Å². The topological polar surface area (TPSA) is 34.6 Å². The van der Waals surface area contributed by atoms with Crippen LogP contribution in [-0.4, -0.2) is 4.40 Å². The predicted molar refractivity (Wildman–Crippen MR) is 56.1 cm³/mol. The molecule has 0 atom stereocenters. The lowest BCUT2D eigenvalue weighted by Gasteiger charge is -1.96. The molecule has 0 fully saturated rings. The first-order valence-electron chi connectivity index (χ1n) is 3.56. The highest BCUT2D eigenvalue weighted by atomic mass is 79.9. The van der Waals surface area contributed by atoms with E-state index in [2.05, 4.69) is 31.9 Å². The highest BCUT2D eigenvalue weighted by molar-refractivity contribution is 9.13. The molecule has 0 N–H and O–H groups in total. The zero-order valence-electron chi connectivity index (χ0n) is 6.67. The standard InChI is InChI=1S/C8H5Br2NO2/c1-4-3-11-6(8(12)13-4)2-5(9)7(11)10/h2-3H,1H3. The average molecular weight is 307 g/mol. The number of aryl methyl sites for hydroxylation is 1. The van der Waals surface area contributed by atoms with Crippen molar-refractivity contribution in [3.8, 4) is 0 Å². The Bertz CT molecular complexity index is 527. The Balaban J connectivity index is 3.03. The molecule has 0 radical (unpaired) electrons. The third-order valence-corrected chi connectivity index (χ3v) is 3.65. The summed E-state index contributed by atoms with van der Waals surface area (Å²) in [6.07, 6.45) is 1.76. The summed E-state index contributed by atoms with van der Waals surface area (Å²) >= 11 is 6.67. The van der Waals surface area contributed by atoms with Gasteiger partial charge in [0.25, 0.3) is 0 Å². The lowest BCUT2D eigenvalue weighted by atomic mass is 10.5. The first kappa shape index (κ1) is 9.02. The van der Waals surface area contributed by atoms with E-state index in [9.17, 15) is 4.79 Å². The van der Waals surface area contributed by atoms with Crippen LogP contribution >= 0.6 is 31.9 Å². The second-order valence-electron chi connectivity index (χ2n) is 2.67. The van der Waals surface area contributed by atoms with E-state index in [1.165, 1.54) is 0 Å². The number of rotatable bonds is 0. The van der Waals surface area contributed by atoms with E-state index in [1.807, 2.05) is 0 Å². The van der Waals surface area contributed by atoms with Gasteiger partial charge in [0.05, 0.1) is 4.47 Å². The van der Waals surface area contributed by atoms with Crippen molar-refractivity contribution in [2.24, 2.45) is 0 Å². The van der Waals surface area contributed by atoms with E-state index in [-0.39, 0.29) is 5.63 Å². The summed E-state index contributed by atoms with van der Waals surface area (Å²) in [5, 5.41) is 0. The second kappa shape index (κ2) is 2.99. The summed E-state index contributed by atoms with van der Waals surface area (Å²) < 4.78 is 8.34. The van der Waals surface area contributed by atoms with Crippen LogP contribution in [0, 0.1) is 6.92 Å². The van der Waals surface area contributed by atoms with Crippen LogP contribution in [-0.2, 0) is 0 Å². The van der Waals surface area contributed by atoms with Crippen LogP contribution in [0.4, 0.5) is 0 Å². The average Bonchev–Trinajstić information content (AvgIpc) is 2.32. The SMILES string of the molecule is Cc1cn2c(Br)c(Br)cc2c(=O)o1. The maximum Gasteiger partial charge on any atom is 0.360 e. The van der Waals surface area contributed by atoms with Crippen molar-refractivity contribution in [3.05, 3.63) is 37.5 Å².